The highest BCUT2D eigenvalue weighted by atomic mass is 16.3. The van der Waals surface area contributed by atoms with Crippen molar-refractivity contribution in [1.82, 2.24) is 9.88 Å². The Balaban J connectivity index is 2.00. The Bertz CT molecular complexity index is 582. The maximum absolute atomic E-state index is 12.3. The molecule has 2 rings (SSSR count). The number of rotatable bonds is 5. The lowest BCUT2D eigenvalue weighted by molar-refractivity contribution is -0.135. The van der Waals surface area contributed by atoms with Crippen LogP contribution in [0.4, 0.5) is 0 Å². The molecule has 1 atom stereocenters. The summed E-state index contributed by atoms with van der Waals surface area (Å²) < 4.78 is 0. The van der Waals surface area contributed by atoms with Gasteiger partial charge in [-0.1, -0.05) is 36.4 Å². The first kappa shape index (κ1) is 15.2. The van der Waals surface area contributed by atoms with E-state index in [1.54, 1.807) is 31.3 Å². The predicted octanol–water partition coefficient (Wildman–Crippen LogP) is 2.34. The van der Waals surface area contributed by atoms with E-state index in [2.05, 4.69) is 4.98 Å². The van der Waals surface area contributed by atoms with E-state index >= 15 is 0 Å². The highest BCUT2D eigenvalue weighted by Crippen LogP contribution is 2.25. The Hall–Kier alpha value is -2.20. The molecule has 0 spiro atoms. The maximum Gasteiger partial charge on any atom is 0.225 e. The van der Waals surface area contributed by atoms with E-state index in [9.17, 15) is 9.90 Å². The summed E-state index contributed by atoms with van der Waals surface area (Å²) >= 11 is 0. The first-order valence-corrected chi connectivity index (χ1v) is 6.90. The van der Waals surface area contributed by atoms with E-state index in [-0.39, 0.29) is 12.3 Å². The molecular formula is C17H20N2O2. The molecule has 1 amide bonds. The average molecular weight is 284 g/mol. The zero-order valence-corrected chi connectivity index (χ0v) is 12.4. The van der Waals surface area contributed by atoms with Crippen LogP contribution in [0.25, 0.3) is 0 Å². The van der Waals surface area contributed by atoms with Gasteiger partial charge >= 0.3 is 0 Å². The zero-order chi connectivity index (χ0) is 15.3. The minimum Gasteiger partial charge on any atom is -0.385 e. The summed E-state index contributed by atoms with van der Waals surface area (Å²) in [5.41, 5.74) is 0.544. The largest absolute Gasteiger partial charge is 0.385 e. The topological polar surface area (TPSA) is 53.4 Å². The van der Waals surface area contributed by atoms with E-state index in [1.165, 1.54) is 0 Å². The Morgan fingerprint density at radius 1 is 1.24 bits per heavy atom. The SMILES string of the molecule is CN(Cc1cccnc1)C(=O)CC(C)(O)c1ccccc1. The molecule has 0 saturated heterocycles. The van der Waals surface area contributed by atoms with E-state index in [4.69, 9.17) is 0 Å². The summed E-state index contributed by atoms with van der Waals surface area (Å²) in [5.74, 6) is -0.104. The molecule has 4 nitrogen and oxygen atoms in total. The molecule has 0 saturated carbocycles. The van der Waals surface area contributed by atoms with Crippen LogP contribution >= 0.6 is 0 Å². The van der Waals surface area contributed by atoms with Crippen LogP contribution in [-0.2, 0) is 16.9 Å². The second kappa shape index (κ2) is 6.50. The Morgan fingerprint density at radius 2 is 1.95 bits per heavy atom. The van der Waals surface area contributed by atoms with E-state index in [0.717, 1.165) is 11.1 Å². The molecule has 0 aliphatic rings. The van der Waals surface area contributed by atoms with Gasteiger partial charge in [0.25, 0.3) is 0 Å². The number of hydrogen-bond acceptors (Lipinski definition) is 3. The number of amides is 1. The van der Waals surface area contributed by atoms with Gasteiger partial charge in [0.05, 0.1) is 12.0 Å². The highest BCUT2D eigenvalue weighted by Gasteiger charge is 2.27. The minimum atomic E-state index is -1.17. The van der Waals surface area contributed by atoms with Crippen molar-refractivity contribution >= 4 is 5.91 Å². The van der Waals surface area contributed by atoms with Crippen molar-refractivity contribution in [3.63, 3.8) is 0 Å². The normalized spacial score (nSPS) is 13.5. The summed E-state index contributed by atoms with van der Waals surface area (Å²) in [5, 5.41) is 10.5. The van der Waals surface area contributed by atoms with Crippen LogP contribution < -0.4 is 0 Å². The Kier molecular flexibility index (Phi) is 4.70. The fourth-order valence-corrected chi connectivity index (χ4v) is 2.18. The third-order valence-corrected chi connectivity index (χ3v) is 3.46. The molecular weight excluding hydrogens is 264 g/mol. The highest BCUT2D eigenvalue weighted by molar-refractivity contribution is 5.77. The van der Waals surface area contributed by atoms with Crippen LogP contribution in [-0.4, -0.2) is 27.9 Å². The Morgan fingerprint density at radius 3 is 2.57 bits per heavy atom. The molecule has 4 heteroatoms. The van der Waals surface area contributed by atoms with Crippen LogP contribution in [0, 0.1) is 0 Å². The van der Waals surface area contributed by atoms with E-state index in [0.29, 0.717) is 6.54 Å². The van der Waals surface area contributed by atoms with Gasteiger partial charge < -0.3 is 10.0 Å². The van der Waals surface area contributed by atoms with Crippen LogP contribution in [0.3, 0.4) is 0 Å². The lowest BCUT2D eigenvalue weighted by Crippen LogP contribution is -2.34. The third-order valence-electron chi connectivity index (χ3n) is 3.46. The average Bonchev–Trinajstić information content (AvgIpc) is 2.48. The lowest BCUT2D eigenvalue weighted by atomic mass is 9.92. The van der Waals surface area contributed by atoms with Gasteiger partial charge in [-0.25, -0.2) is 0 Å². The molecule has 1 N–H and O–H groups in total. The van der Waals surface area contributed by atoms with Gasteiger partial charge in [0.1, 0.15) is 0 Å². The molecule has 21 heavy (non-hydrogen) atoms. The molecule has 1 unspecified atom stereocenters. The van der Waals surface area contributed by atoms with Gasteiger partial charge in [0.2, 0.25) is 5.91 Å². The molecule has 0 bridgehead atoms. The van der Waals surface area contributed by atoms with Crippen LogP contribution in [0.1, 0.15) is 24.5 Å². The summed E-state index contributed by atoms with van der Waals surface area (Å²) in [4.78, 5) is 17.9. The molecule has 1 heterocycles. The van der Waals surface area contributed by atoms with Gasteiger partial charge in [-0.15, -0.1) is 0 Å². The number of hydrogen-bond donors (Lipinski definition) is 1. The second-order valence-corrected chi connectivity index (χ2v) is 5.43. The molecule has 0 radical (unpaired) electrons. The smallest absolute Gasteiger partial charge is 0.225 e. The van der Waals surface area contributed by atoms with Crippen LogP contribution in [0.15, 0.2) is 54.9 Å². The molecule has 2 aromatic rings. The maximum atomic E-state index is 12.3. The van der Waals surface area contributed by atoms with Crippen LogP contribution in [0.2, 0.25) is 0 Å². The fraction of sp³-hybridized carbons (Fsp3) is 0.294. The van der Waals surface area contributed by atoms with Crippen molar-refractivity contribution in [3.8, 4) is 0 Å². The van der Waals surface area contributed by atoms with Gasteiger partial charge in [-0.05, 0) is 24.1 Å². The molecule has 110 valence electrons. The van der Waals surface area contributed by atoms with Crippen molar-refractivity contribution in [2.75, 3.05) is 7.05 Å². The number of pyridine rings is 1. The van der Waals surface area contributed by atoms with E-state index < -0.39 is 5.60 Å². The summed E-state index contributed by atoms with van der Waals surface area (Å²) in [6.07, 6.45) is 3.48. The molecule has 1 aromatic heterocycles. The first-order valence-electron chi connectivity index (χ1n) is 6.90. The number of benzene rings is 1. The number of carbonyl (C=O) groups is 1. The number of aromatic nitrogens is 1. The number of nitrogens with zero attached hydrogens (tertiary/aromatic N) is 2. The van der Waals surface area contributed by atoms with Gasteiger partial charge in [0.15, 0.2) is 0 Å². The summed E-state index contributed by atoms with van der Waals surface area (Å²) in [6, 6.07) is 13.0. The lowest BCUT2D eigenvalue weighted by Gasteiger charge is -2.26. The molecule has 0 fully saturated rings. The number of aliphatic hydroxyl groups is 1. The van der Waals surface area contributed by atoms with Crippen molar-refractivity contribution in [3.05, 3.63) is 66.0 Å². The van der Waals surface area contributed by atoms with Crippen molar-refractivity contribution < 1.29 is 9.90 Å². The Labute approximate surface area is 125 Å². The van der Waals surface area contributed by atoms with E-state index in [1.807, 2.05) is 42.5 Å². The van der Waals surface area contributed by atoms with Crippen LogP contribution in [0.5, 0.6) is 0 Å². The number of carbonyl (C=O) groups excluding carboxylic acids is 1. The minimum absolute atomic E-state index is 0.0494. The van der Waals surface area contributed by atoms with Gasteiger partial charge in [0, 0.05) is 26.0 Å². The monoisotopic (exact) mass is 284 g/mol. The van der Waals surface area contributed by atoms with Crippen molar-refractivity contribution in [2.24, 2.45) is 0 Å². The quantitative estimate of drug-likeness (QED) is 0.917. The summed E-state index contributed by atoms with van der Waals surface area (Å²) in [6.45, 7) is 2.15. The predicted molar refractivity (Wildman–Crippen MR) is 81.3 cm³/mol. The standard InChI is InChI=1S/C17H20N2O2/c1-17(21,15-8-4-3-5-9-15)11-16(20)19(2)13-14-7-6-10-18-12-14/h3-10,12,21H,11,13H2,1-2H3. The zero-order valence-electron chi connectivity index (χ0n) is 12.4. The van der Waals surface area contributed by atoms with Crippen molar-refractivity contribution in [1.29, 1.82) is 0 Å². The molecule has 1 aromatic carbocycles. The molecule has 0 aliphatic carbocycles. The third kappa shape index (κ3) is 4.13. The summed E-state index contributed by atoms with van der Waals surface area (Å²) in [7, 11) is 1.73. The van der Waals surface area contributed by atoms with Gasteiger partial charge in [-0.3, -0.25) is 9.78 Å². The first-order chi connectivity index (χ1) is 9.99. The fourth-order valence-electron chi connectivity index (χ4n) is 2.18. The molecule has 0 aliphatic heterocycles. The second-order valence-electron chi connectivity index (χ2n) is 5.43. The van der Waals surface area contributed by atoms with Crippen molar-refractivity contribution in [2.45, 2.75) is 25.5 Å². The van der Waals surface area contributed by atoms with Gasteiger partial charge in [-0.2, -0.15) is 0 Å².